The van der Waals surface area contributed by atoms with Crippen molar-refractivity contribution < 1.29 is 16.2 Å². The number of hydrogen-bond donors (Lipinski definition) is 0. The van der Waals surface area contributed by atoms with E-state index in [1.54, 1.807) is 0 Å². The third kappa shape index (κ3) is 56.0. The molecular formula is C2H2Cl4F2O2S. The third-order valence-corrected chi connectivity index (χ3v) is 1.36. The molecule has 0 fully saturated rings. The van der Waals surface area contributed by atoms with E-state index >= 15 is 0 Å². The van der Waals surface area contributed by atoms with Crippen LogP contribution in [0.4, 0.5) is 7.77 Å². The Morgan fingerprint density at radius 2 is 1.27 bits per heavy atom. The topological polar surface area (TPSA) is 34.1 Å². The maximum absolute atomic E-state index is 9.99. The molecule has 0 atom stereocenters. The predicted molar refractivity (Wildman–Crippen MR) is 42.1 cm³/mol. The van der Waals surface area contributed by atoms with Crippen molar-refractivity contribution in [1.82, 2.24) is 0 Å². The second-order valence-electron chi connectivity index (χ2n) is 1.13. The van der Waals surface area contributed by atoms with Crippen LogP contribution in [-0.4, -0.2) is 18.1 Å². The summed E-state index contributed by atoms with van der Waals surface area (Å²) in [5.41, 5.74) is 0. The van der Waals surface area contributed by atoms with Gasteiger partial charge in [-0.3, -0.25) is 0 Å². The highest BCUT2D eigenvalue weighted by atomic mass is 35.6. The predicted octanol–water partition coefficient (Wildman–Crippen LogP) is 2.77. The first kappa shape index (κ1) is 14.5. The van der Waals surface area contributed by atoms with Gasteiger partial charge in [0.1, 0.15) is 0 Å². The van der Waals surface area contributed by atoms with Crippen molar-refractivity contribution in [2.24, 2.45) is 0 Å². The molecule has 0 aliphatic heterocycles. The van der Waals surface area contributed by atoms with Crippen LogP contribution in [0.5, 0.6) is 0 Å². The van der Waals surface area contributed by atoms with Crippen molar-refractivity contribution >= 4 is 57.0 Å². The lowest BCUT2D eigenvalue weighted by Crippen LogP contribution is -2.01. The normalized spacial score (nSPS) is 11.8. The number of hydrogen-bond acceptors (Lipinski definition) is 2. The molecular weight excluding hydrogens is 268 g/mol. The van der Waals surface area contributed by atoms with Crippen LogP contribution < -0.4 is 0 Å². The second kappa shape index (κ2) is 5.59. The molecule has 0 amide bonds. The monoisotopic (exact) mass is 268 g/mol. The molecule has 0 aliphatic carbocycles. The van der Waals surface area contributed by atoms with E-state index in [2.05, 4.69) is 0 Å². The molecule has 0 heterocycles. The van der Waals surface area contributed by atoms with Gasteiger partial charge in [-0.25, -0.2) is 0 Å². The minimum atomic E-state index is -5.67. The van der Waals surface area contributed by atoms with E-state index in [9.17, 15) is 7.77 Å². The standard InChI is InChI=1S/C2H2Cl4.F2O2S/c3-1-2(4,5)6;1-5(2,3)4/h1H2;. The van der Waals surface area contributed by atoms with E-state index in [-0.39, 0.29) is 5.88 Å². The fourth-order valence-corrected chi connectivity index (χ4v) is 0. The summed E-state index contributed by atoms with van der Waals surface area (Å²) in [6.45, 7) is 0. The molecule has 11 heavy (non-hydrogen) atoms. The molecule has 9 heteroatoms. The molecule has 0 aromatic heterocycles. The Labute approximate surface area is 82.9 Å². The van der Waals surface area contributed by atoms with Gasteiger partial charge in [0.2, 0.25) is 3.79 Å². The first-order chi connectivity index (χ1) is 4.56. The summed E-state index contributed by atoms with van der Waals surface area (Å²) in [4.78, 5) is 0. The molecule has 0 saturated carbocycles. The van der Waals surface area contributed by atoms with E-state index < -0.39 is 14.4 Å². The average molecular weight is 270 g/mol. The molecule has 2 nitrogen and oxygen atoms in total. The van der Waals surface area contributed by atoms with Crippen LogP contribution in [0.2, 0.25) is 0 Å². The van der Waals surface area contributed by atoms with Gasteiger partial charge in [0.25, 0.3) is 0 Å². The first-order valence-corrected chi connectivity index (χ1v) is 4.78. The van der Waals surface area contributed by atoms with Gasteiger partial charge in [-0.2, -0.15) is 8.42 Å². The SMILES string of the molecule is ClCC(Cl)(Cl)Cl.O=S(=O)(F)F. The minimum absolute atomic E-state index is 0.0394. The summed E-state index contributed by atoms with van der Waals surface area (Å²) in [6, 6.07) is 0. The van der Waals surface area contributed by atoms with Gasteiger partial charge in [0, 0.05) is 0 Å². The lowest BCUT2D eigenvalue weighted by Gasteiger charge is -2.00. The van der Waals surface area contributed by atoms with Crippen LogP contribution in [-0.2, 0) is 10.6 Å². The summed E-state index contributed by atoms with van der Waals surface area (Å²) in [5.74, 6) is 0.0394. The van der Waals surface area contributed by atoms with Gasteiger partial charge in [-0.15, -0.1) is 11.6 Å². The Morgan fingerprint density at radius 3 is 1.27 bits per heavy atom. The van der Waals surface area contributed by atoms with Gasteiger partial charge in [-0.05, 0) is 0 Å². The Morgan fingerprint density at radius 1 is 1.18 bits per heavy atom. The molecule has 0 rings (SSSR count). The molecule has 0 aliphatic rings. The zero-order chi connectivity index (χ0) is 9.71. The van der Waals surface area contributed by atoms with Crippen molar-refractivity contribution in [3.05, 3.63) is 0 Å². The van der Waals surface area contributed by atoms with Gasteiger partial charge < -0.3 is 0 Å². The zero-order valence-corrected chi connectivity index (χ0v) is 8.54. The number of rotatable bonds is 0. The summed E-state index contributed by atoms with van der Waals surface area (Å²) in [7, 11) is -5.67. The number of alkyl halides is 4. The van der Waals surface area contributed by atoms with E-state index in [0.717, 1.165) is 0 Å². The largest absolute Gasteiger partial charge is 0.476 e. The minimum Gasteiger partial charge on any atom is -0.160 e. The van der Waals surface area contributed by atoms with Crippen molar-refractivity contribution in [3.63, 3.8) is 0 Å². The van der Waals surface area contributed by atoms with Crippen molar-refractivity contribution in [1.29, 1.82) is 0 Å². The Bertz CT molecular complexity index is 177. The number of halogens is 6. The second-order valence-corrected chi connectivity index (χ2v) is 4.67. The fourth-order valence-electron chi connectivity index (χ4n) is 0. The third-order valence-electron chi connectivity index (χ3n) is 0.152. The highest BCUT2D eigenvalue weighted by molar-refractivity contribution is 7.81. The maximum Gasteiger partial charge on any atom is 0.476 e. The zero-order valence-electron chi connectivity index (χ0n) is 4.70. The first-order valence-electron chi connectivity index (χ1n) is 1.83. The van der Waals surface area contributed by atoms with E-state index in [1.165, 1.54) is 0 Å². The summed E-state index contributed by atoms with van der Waals surface area (Å²) >= 11 is 20.4. The van der Waals surface area contributed by atoms with Gasteiger partial charge in [0.05, 0.1) is 5.88 Å². The fraction of sp³-hybridized carbons (Fsp3) is 1.00. The summed E-state index contributed by atoms with van der Waals surface area (Å²) < 4.78 is 35.3. The molecule has 70 valence electrons. The van der Waals surface area contributed by atoms with Gasteiger partial charge >= 0.3 is 10.6 Å². The molecule has 0 N–H and O–H groups in total. The Balaban J connectivity index is 0. The molecule has 0 spiro atoms. The van der Waals surface area contributed by atoms with Crippen molar-refractivity contribution in [2.75, 3.05) is 5.88 Å². The van der Waals surface area contributed by atoms with Crippen LogP contribution in [0.1, 0.15) is 0 Å². The molecule has 0 radical (unpaired) electrons. The highest BCUT2D eigenvalue weighted by Gasteiger charge is 2.16. The average Bonchev–Trinajstić information content (AvgIpc) is 1.59. The molecule has 0 bridgehead atoms. The van der Waals surface area contributed by atoms with Crippen LogP contribution >= 0.6 is 46.4 Å². The van der Waals surface area contributed by atoms with Crippen LogP contribution in [0.15, 0.2) is 0 Å². The van der Waals surface area contributed by atoms with E-state index in [4.69, 9.17) is 54.8 Å². The van der Waals surface area contributed by atoms with Gasteiger partial charge in [-0.1, -0.05) is 42.6 Å². The molecule has 0 saturated heterocycles. The van der Waals surface area contributed by atoms with Gasteiger partial charge in [0.15, 0.2) is 0 Å². The molecule has 0 aromatic rings. The Hall–Kier alpha value is 0.970. The molecule has 0 aromatic carbocycles. The van der Waals surface area contributed by atoms with Crippen LogP contribution in [0.25, 0.3) is 0 Å². The highest BCUT2D eigenvalue weighted by Crippen LogP contribution is 2.26. The lowest BCUT2D eigenvalue weighted by atomic mass is 10.9. The van der Waals surface area contributed by atoms with E-state index in [1.807, 2.05) is 0 Å². The maximum atomic E-state index is 9.99. The van der Waals surface area contributed by atoms with Crippen molar-refractivity contribution in [3.8, 4) is 0 Å². The van der Waals surface area contributed by atoms with E-state index in [0.29, 0.717) is 0 Å². The quantitative estimate of drug-likeness (QED) is 0.501. The smallest absolute Gasteiger partial charge is 0.160 e. The van der Waals surface area contributed by atoms with Crippen LogP contribution in [0.3, 0.4) is 0 Å². The molecule has 0 unspecified atom stereocenters. The summed E-state index contributed by atoms with van der Waals surface area (Å²) in [6.07, 6.45) is 0. The van der Waals surface area contributed by atoms with Crippen LogP contribution in [0, 0.1) is 0 Å². The van der Waals surface area contributed by atoms with Crippen molar-refractivity contribution in [2.45, 2.75) is 3.79 Å². The Kier molecular flexibility index (Phi) is 7.36. The lowest BCUT2D eigenvalue weighted by molar-refractivity contribution is 0.501. The summed E-state index contributed by atoms with van der Waals surface area (Å²) in [5, 5.41) is 0.